The minimum absolute atomic E-state index is 0.259. The van der Waals surface area contributed by atoms with Gasteiger partial charge in [0.2, 0.25) is 0 Å². The highest BCUT2D eigenvalue weighted by molar-refractivity contribution is 5.20. The zero-order valence-electron chi connectivity index (χ0n) is 13.7. The summed E-state index contributed by atoms with van der Waals surface area (Å²) in [5, 5.41) is 10.6. The zero-order valence-corrected chi connectivity index (χ0v) is 13.7. The van der Waals surface area contributed by atoms with E-state index in [-0.39, 0.29) is 12.2 Å². The molecule has 5 heteroatoms. The van der Waals surface area contributed by atoms with Gasteiger partial charge in [-0.15, -0.1) is 0 Å². The van der Waals surface area contributed by atoms with Crippen molar-refractivity contribution in [2.75, 3.05) is 13.1 Å². The fourth-order valence-electron chi connectivity index (χ4n) is 4.04. The topological polar surface area (TPSA) is 51.2 Å². The van der Waals surface area contributed by atoms with Gasteiger partial charge in [-0.2, -0.15) is 0 Å². The minimum Gasteiger partial charge on any atom is -0.387 e. The Morgan fingerprint density at radius 1 is 1.22 bits per heavy atom. The highest BCUT2D eigenvalue weighted by Gasteiger charge is 2.54. The molecule has 1 N–H and O–H groups in total. The average Bonchev–Trinajstić information content (AvgIpc) is 3.17. The smallest absolute Gasteiger partial charge is 0.190 e. The number of rotatable bonds is 3. The minimum atomic E-state index is -0.679. The second-order valence-electron chi connectivity index (χ2n) is 7.20. The maximum Gasteiger partial charge on any atom is 0.190 e. The van der Waals surface area contributed by atoms with Crippen LogP contribution in [0.4, 0.5) is 0 Å². The van der Waals surface area contributed by atoms with Gasteiger partial charge in [-0.3, -0.25) is 4.90 Å². The van der Waals surface area contributed by atoms with E-state index in [0.29, 0.717) is 12.6 Å². The first-order chi connectivity index (χ1) is 11.0. The van der Waals surface area contributed by atoms with Crippen molar-refractivity contribution in [1.29, 1.82) is 0 Å². The van der Waals surface area contributed by atoms with Gasteiger partial charge in [0.25, 0.3) is 0 Å². The van der Waals surface area contributed by atoms with E-state index in [1.54, 1.807) is 0 Å². The van der Waals surface area contributed by atoms with Crippen LogP contribution in [0, 0.1) is 0 Å². The van der Waals surface area contributed by atoms with Gasteiger partial charge in [-0.05, 0) is 38.8 Å². The SMILES string of the molecule is CC1(C)OC2OC(CN3CCCC3c3ccccc3)C(O)C2O1. The number of aliphatic hydroxyl groups is 1. The van der Waals surface area contributed by atoms with Crippen LogP contribution in [0.25, 0.3) is 0 Å². The normalized spacial score (nSPS) is 39.7. The molecule has 1 aromatic carbocycles. The number of hydrogen-bond donors (Lipinski definition) is 1. The number of hydrogen-bond acceptors (Lipinski definition) is 5. The molecule has 126 valence electrons. The lowest BCUT2D eigenvalue weighted by Crippen LogP contribution is -2.41. The Kier molecular flexibility index (Phi) is 3.94. The van der Waals surface area contributed by atoms with Gasteiger partial charge in [0, 0.05) is 12.6 Å². The molecule has 0 saturated carbocycles. The maximum atomic E-state index is 10.6. The molecule has 3 heterocycles. The first kappa shape index (κ1) is 15.5. The molecule has 3 saturated heterocycles. The first-order valence-corrected chi connectivity index (χ1v) is 8.52. The van der Waals surface area contributed by atoms with Crippen LogP contribution in [0.15, 0.2) is 30.3 Å². The highest BCUT2D eigenvalue weighted by Crippen LogP contribution is 2.39. The average molecular weight is 319 g/mol. The van der Waals surface area contributed by atoms with E-state index in [9.17, 15) is 5.11 Å². The molecule has 5 nitrogen and oxygen atoms in total. The lowest BCUT2D eigenvalue weighted by Gasteiger charge is -2.30. The van der Waals surface area contributed by atoms with Crippen molar-refractivity contribution in [3.05, 3.63) is 35.9 Å². The predicted molar refractivity (Wildman–Crippen MR) is 84.7 cm³/mol. The molecule has 0 spiro atoms. The Morgan fingerprint density at radius 2 is 2.00 bits per heavy atom. The van der Waals surface area contributed by atoms with Gasteiger partial charge in [0.15, 0.2) is 12.1 Å². The van der Waals surface area contributed by atoms with Gasteiger partial charge in [-0.1, -0.05) is 30.3 Å². The Labute approximate surface area is 137 Å². The molecule has 0 aliphatic carbocycles. The lowest BCUT2D eigenvalue weighted by atomic mass is 10.0. The molecule has 1 aromatic rings. The third-order valence-electron chi connectivity index (χ3n) is 5.08. The fourth-order valence-corrected chi connectivity index (χ4v) is 4.04. The number of nitrogens with zero attached hydrogens (tertiary/aromatic N) is 1. The summed E-state index contributed by atoms with van der Waals surface area (Å²) in [6.45, 7) is 5.44. The summed E-state index contributed by atoms with van der Waals surface area (Å²) >= 11 is 0. The zero-order chi connectivity index (χ0) is 16.0. The summed E-state index contributed by atoms with van der Waals surface area (Å²) < 4.78 is 17.4. The molecule has 23 heavy (non-hydrogen) atoms. The Balaban J connectivity index is 1.43. The summed E-state index contributed by atoms with van der Waals surface area (Å²) in [4.78, 5) is 2.41. The van der Waals surface area contributed by atoms with E-state index in [1.807, 2.05) is 19.9 Å². The van der Waals surface area contributed by atoms with E-state index in [4.69, 9.17) is 14.2 Å². The maximum absolute atomic E-state index is 10.6. The van der Waals surface area contributed by atoms with E-state index in [1.165, 1.54) is 12.0 Å². The van der Waals surface area contributed by atoms with Crippen molar-refractivity contribution in [1.82, 2.24) is 4.90 Å². The fraction of sp³-hybridized carbons (Fsp3) is 0.667. The van der Waals surface area contributed by atoms with Crippen LogP contribution in [0.5, 0.6) is 0 Å². The molecule has 4 rings (SSSR count). The van der Waals surface area contributed by atoms with Gasteiger partial charge in [-0.25, -0.2) is 0 Å². The number of likely N-dealkylation sites (tertiary alicyclic amines) is 1. The van der Waals surface area contributed by atoms with Crippen LogP contribution < -0.4 is 0 Å². The van der Waals surface area contributed by atoms with Crippen molar-refractivity contribution >= 4 is 0 Å². The van der Waals surface area contributed by atoms with Crippen LogP contribution in [0.3, 0.4) is 0 Å². The number of ether oxygens (including phenoxy) is 3. The van der Waals surface area contributed by atoms with Crippen molar-refractivity contribution < 1.29 is 19.3 Å². The third kappa shape index (κ3) is 2.92. The van der Waals surface area contributed by atoms with Crippen molar-refractivity contribution in [3.8, 4) is 0 Å². The molecular weight excluding hydrogens is 294 g/mol. The van der Waals surface area contributed by atoms with Crippen LogP contribution in [0.1, 0.15) is 38.3 Å². The highest BCUT2D eigenvalue weighted by atomic mass is 16.8. The molecule has 0 radical (unpaired) electrons. The van der Waals surface area contributed by atoms with Crippen molar-refractivity contribution in [2.45, 2.75) is 63.1 Å². The molecule has 0 amide bonds. The molecular formula is C18H25NO4. The molecule has 3 aliphatic heterocycles. The molecule has 3 fully saturated rings. The molecule has 0 bridgehead atoms. The van der Waals surface area contributed by atoms with Crippen molar-refractivity contribution in [3.63, 3.8) is 0 Å². The Hall–Kier alpha value is -0.980. The van der Waals surface area contributed by atoms with E-state index in [0.717, 1.165) is 13.0 Å². The van der Waals surface area contributed by atoms with E-state index in [2.05, 4.69) is 29.2 Å². The van der Waals surface area contributed by atoms with Crippen LogP contribution >= 0.6 is 0 Å². The summed E-state index contributed by atoms with van der Waals surface area (Å²) in [6, 6.07) is 11.0. The van der Waals surface area contributed by atoms with Crippen molar-refractivity contribution in [2.24, 2.45) is 0 Å². The number of fused-ring (bicyclic) bond motifs is 1. The number of aliphatic hydroxyl groups excluding tert-OH is 1. The first-order valence-electron chi connectivity index (χ1n) is 8.52. The number of benzene rings is 1. The Bertz CT molecular complexity index is 549. The van der Waals surface area contributed by atoms with Gasteiger partial charge in [0.1, 0.15) is 18.3 Å². The van der Waals surface area contributed by atoms with Crippen LogP contribution in [-0.2, 0) is 14.2 Å². The largest absolute Gasteiger partial charge is 0.387 e. The molecule has 0 aromatic heterocycles. The summed E-state index contributed by atoms with van der Waals surface area (Å²) in [5.74, 6) is -0.679. The second-order valence-corrected chi connectivity index (χ2v) is 7.20. The van der Waals surface area contributed by atoms with Gasteiger partial charge < -0.3 is 19.3 Å². The van der Waals surface area contributed by atoms with E-state index < -0.39 is 18.2 Å². The summed E-state index contributed by atoms with van der Waals surface area (Å²) in [5.41, 5.74) is 1.34. The van der Waals surface area contributed by atoms with Crippen LogP contribution in [-0.4, -0.2) is 53.5 Å². The standard InChI is InChI=1S/C18H25NO4/c1-18(2)22-16-15(20)14(21-17(16)23-18)11-19-10-6-9-13(19)12-7-4-3-5-8-12/h3-5,7-8,13-17,20H,6,9-11H2,1-2H3. The predicted octanol–water partition coefficient (Wildman–Crippen LogP) is 2.06. The monoisotopic (exact) mass is 319 g/mol. The lowest BCUT2D eigenvalue weighted by molar-refractivity contribution is -0.216. The summed E-state index contributed by atoms with van der Waals surface area (Å²) in [6.07, 6.45) is 0.592. The molecule has 5 atom stereocenters. The second kappa shape index (κ2) is 5.83. The van der Waals surface area contributed by atoms with E-state index >= 15 is 0 Å². The quantitative estimate of drug-likeness (QED) is 0.924. The van der Waals surface area contributed by atoms with Gasteiger partial charge >= 0.3 is 0 Å². The summed E-state index contributed by atoms with van der Waals surface area (Å²) in [7, 11) is 0. The molecule has 5 unspecified atom stereocenters. The van der Waals surface area contributed by atoms with Crippen LogP contribution in [0.2, 0.25) is 0 Å². The third-order valence-corrected chi connectivity index (χ3v) is 5.08. The molecule has 3 aliphatic rings. The Morgan fingerprint density at radius 3 is 2.74 bits per heavy atom. The van der Waals surface area contributed by atoms with Gasteiger partial charge in [0.05, 0.1) is 0 Å².